The second-order valence-electron chi connectivity index (χ2n) is 4.37. The lowest BCUT2D eigenvalue weighted by Gasteiger charge is -2.18. The number of benzene rings is 1. The van der Waals surface area contributed by atoms with Crippen molar-refractivity contribution in [1.82, 2.24) is 0 Å². The van der Waals surface area contributed by atoms with E-state index in [1.807, 2.05) is 20.9 Å². The maximum absolute atomic E-state index is 3.33. The molecular weight excluding hydrogens is 194 g/mol. The van der Waals surface area contributed by atoms with Crippen molar-refractivity contribution >= 4 is 5.69 Å². The summed E-state index contributed by atoms with van der Waals surface area (Å²) in [4.78, 5) is 0. The Kier molecular flexibility index (Phi) is 6.87. The Hall–Kier alpha value is -0.980. The van der Waals surface area contributed by atoms with Crippen molar-refractivity contribution < 1.29 is 0 Å². The van der Waals surface area contributed by atoms with Gasteiger partial charge in [-0.25, -0.2) is 0 Å². The molecule has 0 aliphatic rings. The molecule has 1 nitrogen and oxygen atoms in total. The molecule has 0 unspecified atom stereocenters. The van der Waals surface area contributed by atoms with E-state index in [-0.39, 0.29) is 0 Å². The van der Waals surface area contributed by atoms with Gasteiger partial charge in [0.05, 0.1) is 0 Å². The average molecular weight is 221 g/mol. The van der Waals surface area contributed by atoms with Gasteiger partial charge >= 0.3 is 0 Å². The molecular formula is C15H27N. The van der Waals surface area contributed by atoms with Crippen LogP contribution < -0.4 is 5.32 Å². The highest BCUT2D eigenvalue weighted by molar-refractivity contribution is 5.59. The van der Waals surface area contributed by atoms with Crippen molar-refractivity contribution in [2.45, 2.75) is 53.4 Å². The Morgan fingerprint density at radius 3 is 1.50 bits per heavy atom. The third-order valence-corrected chi connectivity index (χ3v) is 2.62. The summed E-state index contributed by atoms with van der Waals surface area (Å²) in [5, 5.41) is 3.33. The summed E-state index contributed by atoms with van der Waals surface area (Å²) in [6.07, 6.45) is 0. The fourth-order valence-electron chi connectivity index (χ4n) is 1.84. The maximum Gasteiger partial charge on any atom is 0.0407 e. The van der Waals surface area contributed by atoms with E-state index in [0.717, 1.165) is 0 Å². The van der Waals surface area contributed by atoms with Gasteiger partial charge < -0.3 is 5.32 Å². The number of hydrogen-bond donors (Lipinski definition) is 1. The van der Waals surface area contributed by atoms with Gasteiger partial charge in [0.25, 0.3) is 0 Å². The van der Waals surface area contributed by atoms with Gasteiger partial charge in [-0.1, -0.05) is 59.7 Å². The third kappa shape index (κ3) is 3.55. The van der Waals surface area contributed by atoms with Crippen molar-refractivity contribution in [2.75, 3.05) is 12.4 Å². The van der Waals surface area contributed by atoms with Crippen LogP contribution in [0.2, 0.25) is 0 Å². The standard InChI is InChI=1S/C13H21N.C2H6/c1-9(2)11-7-6-8-12(10(3)4)13(11)14-5;1-2/h6-10,14H,1-5H3;1-2H3. The van der Waals surface area contributed by atoms with E-state index in [2.05, 4.69) is 51.2 Å². The predicted molar refractivity (Wildman–Crippen MR) is 75.5 cm³/mol. The van der Waals surface area contributed by atoms with Crippen LogP contribution in [0, 0.1) is 0 Å². The Balaban J connectivity index is 0.00000106. The monoisotopic (exact) mass is 221 g/mol. The molecule has 16 heavy (non-hydrogen) atoms. The fourth-order valence-corrected chi connectivity index (χ4v) is 1.84. The summed E-state index contributed by atoms with van der Waals surface area (Å²) in [5.74, 6) is 1.16. The van der Waals surface area contributed by atoms with Crippen LogP contribution in [0.3, 0.4) is 0 Å². The number of rotatable bonds is 3. The van der Waals surface area contributed by atoms with E-state index in [4.69, 9.17) is 0 Å². The van der Waals surface area contributed by atoms with E-state index >= 15 is 0 Å². The Morgan fingerprint density at radius 1 is 0.875 bits per heavy atom. The van der Waals surface area contributed by atoms with Crippen LogP contribution in [-0.4, -0.2) is 7.05 Å². The van der Waals surface area contributed by atoms with E-state index in [9.17, 15) is 0 Å². The minimum Gasteiger partial charge on any atom is -0.388 e. The molecule has 0 heterocycles. The lowest BCUT2D eigenvalue weighted by molar-refractivity contribution is 0.837. The summed E-state index contributed by atoms with van der Waals surface area (Å²) in [6.45, 7) is 12.9. The Bertz CT molecular complexity index is 274. The molecule has 0 bridgehead atoms. The second-order valence-corrected chi connectivity index (χ2v) is 4.37. The molecule has 1 N–H and O–H groups in total. The molecule has 0 spiro atoms. The quantitative estimate of drug-likeness (QED) is 0.757. The van der Waals surface area contributed by atoms with E-state index in [1.165, 1.54) is 16.8 Å². The molecule has 0 saturated carbocycles. The molecule has 92 valence electrons. The lowest BCUT2D eigenvalue weighted by atomic mass is 9.93. The molecule has 0 aromatic heterocycles. The Morgan fingerprint density at radius 2 is 1.25 bits per heavy atom. The smallest absolute Gasteiger partial charge is 0.0407 e. The highest BCUT2D eigenvalue weighted by Crippen LogP contribution is 2.31. The third-order valence-electron chi connectivity index (χ3n) is 2.62. The summed E-state index contributed by atoms with van der Waals surface area (Å²) < 4.78 is 0. The molecule has 0 fully saturated rings. The average Bonchev–Trinajstić information content (AvgIpc) is 2.30. The minimum absolute atomic E-state index is 0.580. The molecule has 1 rings (SSSR count). The van der Waals surface area contributed by atoms with Crippen molar-refractivity contribution in [3.05, 3.63) is 29.3 Å². The molecule has 0 aliphatic heterocycles. The second kappa shape index (κ2) is 7.32. The molecule has 1 heteroatoms. The molecule has 0 aliphatic carbocycles. The number of nitrogens with one attached hydrogen (secondary N) is 1. The van der Waals surface area contributed by atoms with Crippen molar-refractivity contribution in [2.24, 2.45) is 0 Å². The van der Waals surface area contributed by atoms with Crippen LogP contribution >= 0.6 is 0 Å². The molecule has 0 atom stereocenters. The van der Waals surface area contributed by atoms with Gasteiger partial charge in [0.2, 0.25) is 0 Å². The lowest BCUT2D eigenvalue weighted by Crippen LogP contribution is -2.03. The first-order chi connectivity index (χ1) is 7.57. The molecule has 0 radical (unpaired) electrons. The van der Waals surface area contributed by atoms with Crippen molar-refractivity contribution in [1.29, 1.82) is 0 Å². The van der Waals surface area contributed by atoms with Crippen LogP contribution in [0.15, 0.2) is 18.2 Å². The summed E-state index contributed by atoms with van der Waals surface area (Å²) >= 11 is 0. The van der Waals surface area contributed by atoms with Crippen LogP contribution in [-0.2, 0) is 0 Å². The first kappa shape index (κ1) is 15.0. The fraction of sp³-hybridized carbons (Fsp3) is 0.600. The molecule has 0 amide bonds. The van der Waals surface area contributed by atoms with Crippen LogP contribution in [0.25, 0.3) is 0 Å². The molecule has 1 aromatic rings. The first-order valence-electron chi connectivity index (χ1n) is 6.38. The van der Waals surface area contributed by atoms with Gasteiger partial charge in [0, 0.05) is 12.7 Å². The van der Waals surface area contributed by atoms with Gasteiger partial charge in [-0.05, 0) is 23.0 Å². The van der Waals surface area contributed by atoms with Crippen molar-refractivity contribution in [3.63, 3.8) is 0 Å². The number of anilines is 1. The largest absolute Gasteiger partial charge is 0.388 e. The van der Waals surface area contributed by atoms with Crippen LogP contribution in [0.4, 0.5) is 5.69 Å². The van der Waals surface area contributed by atoms with Crippen LogP contribution in [0.5, 0.6) is 0 Å². The Labute approximate surface area is 101 Å². The zero-order valence-electron chi connectivity index (χ0n) is 11.9. The summed E-state index contributed by atoms with van der Waals surface area (Å²) in [6, 6.07) is 6.58. The number of para-hydroxylation sites is 1. The summed E-state index contributed by atoms with van der Waals surface area (Å²) in [7, 11) is 2.01. The number of hydrogen-bond acceptors (Lipinski definition) is 1. The maximum atomic E-state index is 3.33. The summed E-state index contributed by atoms with van der Waals surface area (Å²) in [5.41, 5.74) is 4.15. The van der Waals surface area contributed by atoms with Gasteiger partial charge in [0.1, 0.15) is 0 Å². The van der Waals surface area contributed by atoms with Gasteiger partial charge in [-0.3, -0.25) is 0 Å². The zero-order chi connectivity index (χ0) is 12.7. The highest BCUT2D eigenvalue weighted by atomic mass is 14.8. The predicted octanol–water partition coefficient (Wildman–Crippen LogP) is 5.00. The topological polar surface area (TPSA) is 12.0 Å². The van der Waals surface area contributed by atoms with E-state index < -0.39 is 0 Å². The molecule has 0 saturated heterocycles. The first-order valence-corrected chi connectivity index (χ1v) is 6.38. The normalized spacial score (nSPS) is 10.1. The van der Waals surface area contributed by atoms with Gasteiger partial charge in [0.15, 0.2) is 0 Å². The van der Waals surface area contributed by atoms with Gasteiger partial charge in [-0.15, -0.1) is 0 Å². The highest BCUT2D eigenvalue weighted by Gasteiger charge is 2.11. The SMILES string of the molecule is CC.CNc1c(C(C)C)cccc1C(C)C. The van der Waals surface area contributed by atoms with Crippen LogP contribution in [0.1, 0.15) is 64.5 Å². The molecule has 1 aromatic carbocycles. The zero-order valence-corrected chi connectivity index (χ0v) is 11.9. The van der Waals surface area contributed by atoms with E-state index in [1.54, 1.807) is 0 Å². The minimum atomic E-state index is 0.580. The van der Waals surface area contributed by atoms with Gasteiger partial charge in [-0.2, -0.15) is 0 Å². The van der Waals surface area contributed by atoms with E-state index in [0.29, 0.717) is 11.8 Å². The van der Waals surface area contributed by atoms with Crippen molar-refractivity contribution in [3.8, 4) is 0 Å².